The van der Waals surface area contributed by atoms with Gasteiger partial charge in [0.15, 0.2) is 0 Å². The molecule has 0 spiro atoms. The van der Waals surface area contributed by atoms with E-state index >= 15 is 0 Å². The van der Waals surface area contributed by atoms with Crippen molar-refractivity contribution >= 4 is 31.9 Å². The van der Waals surface area contributed by atoms with Crippen LogP contribution in [0, 0.1) is 5.82 Å². The quantitative estimate of drug-likeness (QED) is 0.485. The molecule has 0 saturated carbocycles. The highest BCUT2D eigenvalue weighted by atomic mass is 79.9. The average Bonchev–Trinajstić information content (AvgIpc) is 2.47. The molecular formula is C18H19Br2F. The molecule has 0 aromatic heterocycles. The van der Waals surface area contributed by atoms with Crippen LogP contribution in [0.4, 0.5) is 4.39 Å². The molecular weight excluding hydrogens is 395 g/mol. The van der Waals surface area contributed by atoms with Gasteiger partial charge in [0.2, 0.25) is 0 Å². The molecule has 0 aliphatic carbocycles. The van der Waals surface area contributed by atoms with E-state index in [0.29, 0.717) is 0 Å². The smallest absolute Gasteiger partial charge is 0.124 e. The molecule has 112 valence electrons. The summed E-state index contributed by atoms with van der Waals surface area (Å²) in [7, 11) is 0. The summed E-state index contributed by atoms with van der Waals surface area (Å²) in [6.45, 7) is 6.71. The van der Waals surface area contributed by atoms with Crippen molar-refractivity contribution in [3.63, 3.8) is 0 Å². The molecule has 2 aromatic rings. The molecule has 1 unspecified atom stereocenters. The first-order chi connectivity index (χ1) is 9.85. The topological polar surface area (TPSA) is 0 Å². The van der Waals surface area contributed by atoms with Crippen molar-refractivity contribution in [3.05, 3.63) is 69.4 Å². The monoisotopic (exact) mass is 412 g/mol. The Balaban J connectivity index is 2.30. The second kappa shape index (κ2) is 6.62. The highest BCUT2D eigenvalue weighted by Gasteiger charge is 2.19. The first kappa shape index (κ1) is 16.7. The van der Waals surface area contributed by atoms with E-state index in [1.54, 1.807) is 0 Å². The molecule has 0 N–H and O–H groups in total. The Morgan fingerprint density at radius 2 is 1.71 bits per heavy atom. The lowest BCUT2D eigenvalue weighted by Crippen LogP contribution is -2.15. The van der Waals surface area contributed by atoms with Gasteiger partial charge in [-0.15, -0.1) is 0 Å². The zero-order valence-electron chi connectivity index (χ0n) is 12.5. The van der Waals surface area contributed by atoms with Gasteiger partial charge < -0.3 is 0 Å². The maximum atomic E-state index is 13.2. The van der Waals surface area contributed by atoms with E-state index in [1.165, 1.54) is 17.7 Å². The molecule has 0 fully saturated rings. The summed E-state index contributed by atoms with van der Waals surface area (Å²) in [5.74, 6) is -0.231. The van der Waals surface area contributed by atoms with Gasteiger partial charge in [0.05, 0.1) is 4.83 Å². The van der Waals surface area contributed by atoms with Crippen LogP contribution < -0.4 is 0 Å². The zero-order valence-corrected chi connectivity index (χ0v) is 15.6. The maximum Gasteiger partial charge on any atom is 0.124 e. The van der Waals surface area contributed by atoms with Gasteiger partial charge >= 0.3 is 0 Å². The fourth-order valence-corrected chi connectivity index (χ4v) is 3.79. The number of hydrogen-bond acceptors (Lipinski definition) is 0. The SMILES string of the molecule is CCC(C)(C)c1ccc(C(Br)c2ccc(F)cc2Br)cc1. The lowest BCUT2D eigenvalue weighted by Gasteiger charge is -2.24. The predicted octanol–water partition coefficient (Wildman–Crippen LogP) is 6.76. The minimum atomic E-state index is -0.231. The second-order valence-corrected chi connectivity index (χ2v) is 7.66. The molecule has 3 heteroatoms. The van der Waals surface area contributed by atoms with Crippen LogP contribution in [0.3, 0.4) is 0 Å². The summed E-state index contributed by atoms with van der Waals surface area (Å²) >= 11 is 7.14. The van der Waals surface area contributed by atoms with E-state index in [2.05, 4.69) is 76.9 Å². The van der Waals surface area contributed by atoms with Crippen LogP contribution in [-0.4, -0.2) is 0 Å². The van der Waals surface area contributed by atoms with Crippen molar-refractivity contribution in [2.24, 2.45) is 0 Å². The van der Waals surface area contributed by atoms with Crippen molar-refractivity contribution in [3.8, 4) is 0 Å². The van der Waals surface area contributed by atoms with Crippen molar-refractivity contribution in [2.45, 2.75) is 37.4 Å². The molecule has 0 heterocycles. The van der Waals surface area contributed by atoms with Gasteiger partial charge in [-0.1, -0.05) is 83.0 Å². The Hall–Kier alpha value is -0.670. The molecule has 0 amide bonds. The number of alkyl halides is 1. The molecule has 0 bridgehead atoms. The Morgan fingerprint density at radius 3 is 2.24 bits per heavy atom. The van der Waals surface area contributed by atoms with Gasteiger partial charge in [-0.3, -0.25) is 0 Å². The van der Waals surface area contributed by atoms with Crippen LogP contribution in [0.15, 0.2) is 46.9 Å². The summed E-state index contributed by atoms with van der Waals surface area (Å²) in [5.41, 5.74) is 3.72. The molecule has 0 saturated heterocycles. The molecule has 0 aliphatic heterocycles. The van der Waals surface area contributed by atoms with E-state index in [9.17, 15) is 4.39 Å². The molecule has 2 rings (SSSR count). The van der Waals surface area contributed by atoms with Gasteiger partial charge in [-0.2, -0.15) is 0 Å². The van der Waals surface area contributed by atoms with E-state index in [1.807, 2.05) is 6.07 Å². The van der Waals surface area contributed by atoms with E-state index in [0.717, 1.165) is 22.0 Å². The first-order valence-corrected chi connectivity index (χ1v) is 8.75. The Kier molecular flexibility index (Phi) is 5.26. The van der Waals surface area contributed by atoms with Crippen LogP contribution in [0.1, 0.15) is 48.7 Å². The Bertz CT molecular complexity index is 618. The third-order valence-corrected chi connectivity index (χ3v) is 5.81. The van der Waals surface area contributed by atoms with Crippen molar-refractivity contribution < 1.29 is 4.39 Å². The fraction of sp³-hybridized carbons (Fsp3) is 0.333. The van der Waals surface area contributed by atoms with Crippen molar-refractivity contribution in [1.82, 2.24) is 0 Å². The van der Waals surface area contributed by atoms with Gasteiger partial charge in [0, 0.05) is 4.47 Å². The van der Waals surface area contributed by atoms with Crippen LogP contribution in [0.5, 0.6) is 0 Å². The zero-order chi connectivity index (χ0) is 15.6. The van der Waals surface area contributed by atoms with Crippen molar-refractivity contribution in [2.75, 3.05) is 0 Å². The summed E-state index contributed by atoms with van der Waals surface area (Å²) in [4.78, 5) is 0.0475. The van der Waals surface area contributed by atoms with Gasteiger partial charge in [-0.05, 0) is 40.7 Å². The van der Waals surface area contributed by atoms with Crippen LogP contribution in [0.25, 0.3) is 0 Å². The Morgan fingerprint density at radius 1 is 1.10 bits per heavy atom. The number of halogens is 3. The molecule has 1 atom stereocenters. The highest BCUT2D eigenvalue weighted by Crippen LogP contribution is 2.36. The van der Waals surface area contributed by atoms with Gasteiger partial charge in [-0.25, -0.2) is 4.39 Å². The van der Waals surface area contributed by atoms with Crippen LogP contribution in [0.2, 0.25) is 0 Å². The highest BCUT2D eigenvalue weighted by molar-refractivity contribution is 9.11. The summed E-state index contributed by atoms with van der Waals surface area (Å²) in [6, 6.07) is 13.4. The summed E-state index contributed by atoms with van der Waals surface area (Å²) < 4.78 is 14.0. The van der Waals surface area contributed by atoms with E-state index < -0.39 is 0 Å². The standard InChI is InChI=1S/C18H19Br2F/c1-4-18(2,3)13-7-5-12(6-8-13)17(20)15-10-9-14(21)11-16(15)19/h5-11,17H,4H2,1-3H3. The molecule has 0 nitrogen and oxygen atoms in total. The number of benzene rings is 2. The molecule has 21 heavy (non-hydrogen) atoms. The van der Waals surface area contributed by atoms with Gasteiger partial charge in [0.25, 0.3) is 0 Å². The van der Waals surface area contributed by atoms with Crippen molar-refractivity contribution in [1.29, 1.82) is 0 Å². The Labute approximate surface area is 143 Å². The van der Waals surface area contributed by atoms with E-state index in [-0.39, 0.29) is 16.1 Å². The normalized spacial score (nSPS) is 13.2. The van der Waals surface area contributed by atoms with Gasteiger partial charge in [0.1, 0.15) is 5.82 Å². The minimum absolute atomic E-state index is 0.0475. The first-order valence-electron chi connectivity index (χ1n) is 7.04. The lowest BCUT2D eigenvalue weighted by molar-refractivity contribution is 0.506. The third-order valence-electron chi connectivity index (χ3n) is 4.10. The predicted molar refractivity (Wildman–Crippen MR) is 94.6 cm³/mol. The minimum Gasteiger partial charge on any atom is -0.207 e. The lowest BCUT2D eigenvalue weighted by atomic mass is 9.82. The number of rotatable bonds is 4. The largest absolute Gasteiger partial charge is 0.207 e. The molecule has 2 aromatic carbocycles. The number of hydrogen-bond donors (Lipinski definition) is 0. The van der Waals surface area contributed by atoms with Crippen LogP contribution in [-0.2, 0) is 5.41 Å². The summed E-state index contributed by atoms with van der Waals surface area (Å²) in [5, 5.41) is 0. The van der Waals surface area contributed by atoms with E-state index in [4.69, 9.17) is 0 Å². The second-order valence-electron chi connectivity index (χ2n) is 5.89. The average molecular weight is 414 g/mol. The molecule has 0 radical (unpaired) electrons. The molecule has 0 aliphatic rings. The van der Waals surface area contributed by atoms with Crippen LogP contribution >= 0.6 is 31.9 Å². The third kappa shape index (κ3) is 3.75. The maximum absolute atomic E-state index is 13.2. The summed E-state index contributed by atoms with van der Waals surface area (Å²) in [6.07, 6.45) is 1.10. The fourth-order valence-electron chi connectivity index (χ4n) is 2.19.